The van der Waals surface area contributed by atoms with Gasteiger partial charge < -0.3 is 11.1 Å². The molecular weight excluding hydrogens is 190 g/mol. The lowest BCUT2D eigenvalue weighted by Crippen LogP contribution is -2.53. The molecule has 1 rings (SSSR count). The summed E-state index contributed by atoms with van der Waals surface area (Å²) >= 11 is 0. The Labute approximate surface area is 82.0 Å². The van der Waals surface area contributed by atoms with Gasteiger partial charge in [0.2, 0.25) is 5.91 Å². The molecule has 0 bridgehead atoms. The van der Waals surface area contributed by atoms with Gasteiger partial charge in [-0.15, -0.1) is 0 Å². The van der Waals surface area contributed by atoms with Crippen LogP contribution in [-0.2, 0) is 4.79 Å². The van der Waals surface area contributed by atoms with Crippen LogP contribution in [0.4, 0.5) is 8.78 Å². The van der Waals surface area contributed by atoms with Crippen molar-refractivity contribution < 1.29 is 13.6 Å². The summed E-state index contributed by atoms with van der Waals surface area (Å²) < 4.78 is 26.5. The van der Waals surface area contributed by atoms with Crippen LogP contribution in [-0.4, -0.2) is 23.9 Å². The van der Waals surface area contributed by atoms with Crippen LogP contribution in [0.5, 0.6) is 0 Å². The van der Waals surface area contributed by atoms with E-state index >= 15 is 0 Å². The van der Waals surface area contributed by atoms with E-state index in [4.69, 9.17) is 5.73 Å². The lowest BCUT2D eigenvalue weighted by Gasteiger charge is -2.32. The highest BCUT2D eigenvalue weighted by atomic mass is 19.3. The molecule has 14 heavy (non-hydrogen) atoms. The van der Waals surface area contributed by atoms with Crippen molar-refractivity contribution in [1.82, 2.24) is 5.32 Å². The standard InChI is InChI=1S/C9H16F2N2O/c1-6(12)8(14)13-7-4-2-3-5-9(7,10)11/h6-7H,2-5,12H2,1H3,(H,13,14). The van der Waals surface area contributed by atoms with E-state index in [-0.39, 0.29) is 6.42 Å². The summed E-state index contributed by atoms with van der Waals surface area (Å²) in [5.41, 5.74) is 5.28. The minimum absolute atomic E-state index is 0.142. The summed E-state index contributed by atoms with van der Waals surface area (Å²) in [7, 11) is 0. The minimum Gasteiger partial charge on any atom is -0.346 e. The maximum Gasteiger partial charge on any atom is 0.267 e. The molecule has 0 saturated heterocycles. The van der Waals surface area contributed by atoms with Crippen LogP contribution < -0.4 is 11.1 Å². The van der Waals surface area contributed by atoms with Crippen LogP contribution in [0.3, 0.4) is 0 Å². The zero-order valence-electron chi connectivity index (χ0n) is 8.22. The van der Waals surface area contributed by atoms with Crippen molar-refractivity contribution in [1.29, 1.82) is 0 Å². The molecule has 0 aromatic rings. The highest BCUT2D eigenvalue weighted by Gasteiger charge is 2.42. The first-order valence-corrected chi connectivity index (χ1v) is 4.87. The third-order valence-corrected chi connectivity index (χ3v) is 2.49. The van der Waals surface area contributed by atoms with Crippen LogP contribution in [0.1, 0.15) is 32.6 Å². The maximum atomic E-state index is 13.2. The van der Waals surface area contributed by atoms with E-state index in [2.05, 4.69) is 5.32 Å². The van der Waals surface area contributed by atoms with Crippen molar-refractivity contribution in [2.75, 3.05) is 0 Å². The molecule has 2 unspecified atom stereocenters. The first kappa shape index (κ1) is 11.4. The lowest BCUT2D eigenvalue weighted by molar-refractivity contribution is -0.128. The highest BCUT2D eigenvalue weighted by molar-refractivity contribution is 5.81. The van der Waals surface area contributed by atoms with Gasteiger partial charge in [0.25, 0.3) is 5.92 Å². The van der Waals surface area contributed by atoms with Crippen molar-refractivity contribution >= 4 is 5.91 Å². The number of amides is 1. The monoisotopic (exact) mass is 206 g/mol. The van der Waals surface area contributed by atoms with Crippen molar-refractivity contribution in [2.24, 2.45) is 5.73 Å². The predicted octanol–water partition coefficient (Wildman–Crippen LogP) is 1.03. The average molecular weight is 206 g/mol. The molecule has 0 aromatic heterocycles. The fraction of sp³-hybridized carbons (Fsp3) is 0.889. The number of nitrogens with two attached hydrogens (primary N) is 1. The van der Waals surface area contributed by atoms with E-state index in [0.29, 0.717) is 12.8 Å². The van der Waals surface area contributed by atoms with Crippen LogP contribution in [0, 0.1) is 0 Å². The van der Waals surface area contributed by atoms with Crippen molar-refractivity contribution in [3.63, 3.8) is 0 Å². The highest BCUT2D eigenvalue weighted by Crippen LogP contribution is 2.33. The Morgan fingerprint density at radius 1 is 1.57 bits per heavy atom. The topological polar surface area (TPSA) is 55.1 Å². The summed E-state index contributed by atoms with van der Waals surface area (Å²) in [5, 5.41) is 2.29. The number of alkyl halides is 2. The predicted molar refractivity (Wildman–Crippen MR) is 49.0 cm³/mol. The van der Waals surface area contributed by atoms with Gasteiger partial charge in [-0.25, -0.2) is 8.78 Å². The molecule has 1 aliphatic rings. The number of nitrogens with one attached hydrogen (secondary N) is 1. The molecule has 0 aromatic carbocycles. The summed E-state index contributed by atoms with van der Waals surface area (Å²) in [5.74, 6) is -3.28. The molecule has 0 heterocycles. The molecule has 0 radical (unpaired) electrons. The molecule has 1 fully saturated rings. The zero-order valence-corrected chi connectivity index (χ0v) is 8.22. The second-order valence-corrected chi connectivity index (χ2v) is 3.86. The smallest absolute Gasteiger partial charge is 0.267 e. The van der Waals surface area contributed by atoms with Gasteiger partial charge in [-0.05, 0) is 19.8 Å². The Bertz CT molecular complexity index is 219. The third kappa shape index (κ3) is 2.64. The van der Waals surface area contributed by atoms with E-state index < -0.39 is 23.9 Å². The molecule has 3 N–H and O–H groups in total. The molecular formula is C9H16F2N2O. The van der Waals surface area contributed by atoms with Gasteiger partial charge in [-0.2, -0.15) is 0 Å². The number of hydrogen-bond donors (Lipinski definition) is 2. The second kappa shape index (κ2) is 4.21. The number of hydrogen-bond acceptors (Lipinski definition) is 2. The van der Waals surface area contributed by atoms with Gasteiger partial charge in [-0.1, -0.05) is 6.42 Å². The van der Waals surface area contributed by atoms with Crippen LogP contribution >= 0.6 is 0 Å². The summed E-state index contributed by atoms with van der Waals surface area (Å²) in [6.45, 7) is 1.48. The Morgan fingerprint density at radius 3 is 2.71 bits per heavy atom. The lowest BCUT2D eigenvalue weighted by atomic mass is 9.91. The Morgan fingerprint density at radius 2 is 2.21 bits per heavy atom. The fourth-order valence-electron chi connectivity index (χ4n) is 1.58. The molecule has 1 amide bonds. The summed E-state index contributed by atoms with van der Waals surface area (Å²) in [6, 6.07) is -1.76. The molecule has 1 saturated carbocycles. The number of rotatable bonds is 2. The van der Waals surface area contributed by atoms with Gasteiger partial charge in [0.05, 0.1) is 12.1 Å². The fourth-order valence-corrected chi connectivity index (χ4v) is 1.58. The first-order valence-electron chi connectivity index (χ1n) is 4.87. The molecule has 2 atom stereocenters. The summed E-state index contributed by atoms with van der Waals surface area (Å²) in [6.07, 6.45) is 1.46. The van der Waals surface area contributed by atoms with E-state index in [1.165, 1.54) is 6.92 Å². The number of carbonyl (C=O) groups excluding carboxylic acids is 1. The van der Waals surface area contributed by atoms with Gasteiger partial charge >= 0.3 is 0 Å². The van der Waals surface area contributed by atoms with Crippen molar-refractivity contribution in [3.05, 3.63) is 0 Å². The van der Waals surface area contributed by atoms with E-state index in [0.717, 1.165) is 6.42 Å². The maximum absolute atomic E-state index is 13.2. The Balaban J connectivity index is 2.54. The summed E-state index contributed by atoms with van der Waals surface area (Å²) in [4.78, 5) is 11.1. The average Bonchev–Trinajstić information content (AvgIpc) is 2.08. The molecule has 1 aliphatic carbocycles. The van der Waals surface area contributed by atoms with Gasteiger partial charge in [-0.3, -0.25) is 4.79 Å². The second-order valence-electron chi connectivity index (χ2n) is 3.86. The van der Waals surface area contributed by atoms with Crippen molar-refractivity contribution in [3.8, 4) is 0 Å². The van der Waals surface area contributed by atoms with E-state index in [1.54, 1.807) is 0 Å². The van der Waals surface area contributed by atoms with Gasteiger partial charge in [0.1, 0.15) is 0 Å². The molecule has 5 heteroatoms. The van der Waals surface area contributed by atoms with Crippen LogP contribution in [0.15, 0.2) is 0 Å². The third-order valence-electron chi connectivity index (χ3n) is 2.49. The largest absolute Gasteiger partial charge is 0.346 e. The minimum atomic E-state index is -2.78. The van der Waals surface area contributed by atoms with E-state index in [1.807, 2.05) is 0 Å². The van der Waals surface area contributed by atoms with Crippen LogP contribution in [0.2, 0.25) is 0 Å². The zero-order chi connectivity index (χ0) is 10.8. The van der Waals surface area contributed by atoms with Gasteiger partial charge in [0.15, 0.2) is 0 Å². The quantitative estimate of drug-likeness (QED) is 0.709. The normalized spacial score (nSPS) is 28.1. The molecule has 3 nitrogen and oxygen atoms in total. The van der Waals surface area contributed by atoms with E-state index in [9.17, 15) is 13.6 Å². The Hall–Kier alpha value is -0.710. The van der Waals surface area contributed by atoms with Crippen molar-refractivity contribution in [2.45, 2.75) is 50.6 Å². The SMILES string of the molecule is CC(N)C(=O)NC1CCCCC1(F)F. The Kier molecular flexibility index (Phi) is 3.42. The molecule has 82 valence electrons. The first-order chi connectivity index (χ1) is 6.43. The molecule has 0 spiro atoms. The van der Waals surface area contributed by atoms with Crippen LogP contribution in [0.25, 0.3) is 0 Å². The van der Waals surface area contributed by atoms with Gasteiger partial charge in [0, 0.05) is 6.42 Å². The molecule has 0 aliphatic heterocycles. The number of carbonyl (C=O) groups is 1. The number of halogens is 2.